The normalized spacial score (nSPS) is 16.5. The van der Waals surface area contributed by atoms with Crippen LogP contribution in [0, 0.1) is 0 Å². The second-order valence-electron chi connectivity index (χ2n) is 5.48. The van der Waals surface area contributed by atoms with Crippen molar-refractivity contribution in [1.29, 1.82) is 0 Å². The van der Waals surface area contributed by atoms with Gasteiger partial charge in [-0.05, 0) is 41.4 Å². The maximum atomic E-state index is 5.43. The van der Waals surface area contributed by atoms with Crippen molar-refractivity contribution in [3.05, 3.63) is 29.3 Å². The fraction of sp³-hybridized carbons (Fsp3) is 0.571. The summed E-state index contributed by atoms with van der Waals surface area (Å²) in [6, 6.07) is 6.66. The molecule has 1 fully saturated rings. The summed E-state index contributed by atoms with van der Waals surface area (Å²) in [6.07, 6.45) is 2.71. The predicted octanol–water partition coefficient (Wildman–Crippen LogP) is 3.87. The largest absolute Gasteiger partial charge is 0.496 e. The first kappa shape index (κ1) is 10.5. The van der Waals surface area contributed by atoms with E-state index >= 15 is 0 Å². The Morgan fingerprint density at radius 3 is 2.33 bits per heavy atom. The molecule has 0 aliphatic heterocycles. The molecule has 82 valence electrons. The van der Waals surface area contributed by atoms with Gasteiger partial charge in [0.1, 0.15) is 5.75 Å². The molecule has 0 N–H and O–H groups in total. The topological polar surface area (TPSA) is 9.23 Å². The van der Waals surface area contributed by atoms with Gasteiger partial charge in [-0.1, -0.05) is 32.9 Å². The smallest absolute Gasteiger partial charge is 0.122 e. The van der Waals surface area contributed by atoms with Crippen molar-refractivity contribution in [2.75, 3.05) is 7.11 Å². The zero-order chi connectivity index (χ0) is 11.1. The molecule has 0 spiro atoms. The van der Waals surface area contributed by atoms with Crippen LogP contribution in [0.15, 0.2) is 18.2 Å². The van der Waals surface area contributed by atoms with Crippen LogP contribution in [-0.2, 0) is 5.41 Å². The van der Waals surface area contributed by atoms with Gasteiger partial charge >= 0.3 is 0 Å². The van der Waals surface area contributed by atoms with E-state index in [-0.39, 0.29) is 5.41 Å². The fourth-order valence-corrected chi connectivity index (χ4v) is 1.98. The third kappa shape index (κ3) is 2.17. The number of hydrogen-bond acceptors (Lipinski definition) is 1. The molecule has 0 bridgehead atoms. The van der Waals surface area contributed by atoms with Crippen LogP contribution < -0.4 is 4.74 Å². The molecule has 0 aromatic heterocycles. The van der Waals surface area contributed by atoms with Crippen LogP contribution in [-0.4, -0.2) is 7.11 Å². The molecule has 1 nitrogen and oxygen atoms in total. The van der Waals surface area contributed by atoms with E-state index in [1.807, 2.05) is 0 Å². The predicted molar refractivity (Wildman–Crippen MR) is 63.7 cm³/mol. The van der Waals surface area contributed by atoms with E-state index in [9.17, 15) is 0 Å². The molecule has 2 rings (SSSR count). The second kappa shape index (κ2) is 3.55. The monoisotopic (exact) mass is 204 g/mol. The summed E-state index contributed by atoms with van der Waals surface area (Å²) in [5.41, 5.74) is 2.98. The molecule has 0 saturated heterocycles. The Morgan fingerprint density at radius 2 is 1.87 bits per heavy atom. The maximum Gasteiger partial charge on any atom is 0.122 e. The Bertz CT molecular complexity index is 356. The van der Waals surface area contributed by atoms with Gasteiger partial charge in [-0.3, -0.25) is 0 Å². The zero-order valence-electron chi connectivity index (χ0n) is 10.1. The van der Waals surface area contributed by atoms with Gasteiger partial charge < -0.3 is 4.74 Å². The van der Waals surface area contributed by atoms with Gasteiger partial charge in [0.25, 0.3) is 0 Å². The highest BCUT2D eigenvalue weighted by Gasteiger charge is 2.26. The summed E-state index contributed by atoms with van der Waals surface area (Å²) >= 11 is 0. The van der Waals surface area contributed by atoms with Crippen LogP contribution in [0.2, 0.25) is 0 Å². The van der Waals surface area contributed by atoms with Crippen molar-refractivity contribution >= 4 is 0 Å². The molecule has 1 aliphatic carbocycles. The lowest BCUT2D eigenvalue weighted by Crippen LogP contribution is -2.13. The molecule has 0 unspecified atom stereocenters. The lowest BCUT2D eigenvalue weighted by molar-refractivity contribution is 0.397. The zero-order valence-corrected chi connectivity index (χ0v) is 10.1. The number of rotatable bonds is 2. The highest BCUT2D eigenvalue weighted by molar-refractivity contribution is 5.43. The van der Waals surface area contributed by atoms with Crippen LogP contribution in [0.25, 0.3) is 0 Å². The lowest BCUT2D eigenvalue weighted by atomic mass is 9.85. The van der Waals surface area contributed by atoms with Crippen LogP contribution in [0.4, 0.5) is 0 Å². The summed E-state index contributed by atoms with van der Waals surface area (Å²) in [6.45, 7) is 6.71. The van der Waals surface area contributed by atoms with Crippen molar-refractivity contribution in [1.82, 2.24) is 0 Å². The Hall–Kier alpha value is -0.980. The summed E-state index contributed by atoms with van der Waals surface area (Å²) in [5, 5.41) is 0. The van der Waals surface area contributed by atoms with Crippen molar-refractivity contribution in [2.45, 2.75) is 44.9 Å². The van der Waals surface area contributed by atoms with Gasteiger partial charge in [0, 0.05) is 0 Å². The summed E-state index contributed by atoms with van der Waals surface area (Å²) in [7, 11) is 1.75. The first-order valence-electron chi connectivity index (χ1n) is 5.71. The van der Waals surface area contributed by atoms with Crippen LogP contribution in [0.5, 0.6) is 5.75 Å². The Morgan fingerprint density at radius 1 is 1.20 bits per heavy atom. The molecular weight excluding hydrogens is 184 g/mol. The van der Waals surface area contributed by atoms with Gasteiger partial charge in [-0.25, -0.2) is 0 Å². The first-order valence-corrected chi connectivity index (χ1v) is 5.71. The molecule has 1 aromatic rings. The highest BCUT2D eigenvalue weighted by Crippen LogP contribution is 2.43. The standard InChI is InChI=1S/C14H20O/c1-14(2,3)12-9-11(10-5-6-10)7-8-13(12)15-4/h7-10H,5-6H2,1-4H3. The number of hydrogen-bond donors (Lipinski definition) is 0. The molecule has 0 radical (unpaired) electrons. The first-order chi connectivity index (χ1) is 7.02. The Labute approximate surface area is 92.5 Å². The lowest BCUT2D eigenvalue weighted by Gasteiger charge is -2.22. The van der Waals surface area contributed by atoms with Gasteiger partial charge in [-0.2, -0.15) is 0 Å². The van der Waals surface area contributed by atoms with Crippen molar-refractivity contribution < 1.29 is 4.74 Å². The van der Waals surface area contributed by atoms with E-state index < -0.39 is 0 Å². The molecule has 15 heavy (non-hydrogen) atoms. The molecular formula is C14H20O. The molecule has 1 heteroatoms. The van der Waals surface area contributed by atoms with Crippen LogP contribution >= 0.6 is 0 Å². The molecule has 0 amide bonds. The quantitative estimate of drug-likeness (QED) is 0.710. The SMILES string of the molecule is COc1ccc(C2CC2)cc1C(C)(C)C. The van der Waals surface area contributed by atoms with Crippen molar-refractivity contribution in [2.24, 2.45) is 0 Å². The van der Waals surface area contributed by atoms with E-state index in [0.717, 1.165) is 11.7 Å². The minimum Gasteiger partial charge on any atom is -0.496 e. The Kier molecular flexibility index (Phi) is 2.49. The van der Waals surface area contributed by atoms with E-state index in [1.165, 1.54) is 24.0 Å². The molecule has 1 saturated carbocycles. The van der Waals surface area contributed by atoms with Crippen LogP contribution in [0.3, 0.4) is 0 Å². The Balaban J connectivity index is 2.42. The maximum absolute atomic E-state index is 5.43. The molecule has 0 atom stereocenters. The number of benzene rings is 1. The molecule has 1 aromatic carbocycles. The van der Waals surface area contributed by atoms with Gasteiger partial charge in [0.15, 0.2) is 0 Å². The summed E-state index contributed by atoms with van der Waals surface area (Å²) in [4.78, 5) is 0. The molecule has 0 heterocycles. The van der Waals surface area contributed by atoms with E-state index in [0.29, 0.717) is 0 Å². The average molecular weight is 204 g/mol. The van der Waals surface area contributed by atoms with Gasteiger partial charge in [0.2, 0.25) is 0 Å². The van der Waals surface area contributed by atoms with E-state index in [2.05, 4.69) is 39.0 Å². The van der Waals surface area contributed by atoms with Crippen molar-refractivity contribution in [3.8, 4) is 5.75 Å². The second-order valence-corrected chi connectivity index (χ2v) is 5.48. The summed E-state index contributed by atoms with van der Waals surface area (Å²) < 4.78 is 5.43. The fourth-order valence-electron chi connectivity index (χ4n) is 1.98. The van der Waals surface area contributed by atoms with Crippen LogP contribution in [0.1, 0.15) is 50.7 Å². The minimum absolute atomic E-state index is 0.163. The highest BCUT2D eigenvalue weighted by atomic mass is 16.5. The summed E-state index contributed by atoms with van der Waals surface area (Å²) in [5.74, 6) is 1.84. The van der Waals surface area contributed by atoms with Gasteiger partial charge in [-0.15, -0.1) is 0 Å². The number of ether oxygens (including phenoxy) is 1. The van der Waals surface area contributed by atoms with Crippen molar-refractivity contribution in [3.63, 3.8) is 0 Å². The van der Waals surface area contributed by atoms with Gasteiger partial charge in [0.05, 0.1) is 7.11 Å². The van der Waals surface area contributed by atoms with E-state index in [1.54, 1.807) is 7.11 Å². The number of methoxy groups -OCH3 is 1. The third-order valence-electron chi connectivity index (χ3n) is 3.08. The minimum atomic E-state index is 0.163. The van der Waals surface area contributed by atoms with E-state index in [4.69, 9.17) is 4.74 Å². The third-order valence-corrected chi connectivity index (χ3v) is 3.08. The average Bonchev–Trinajstić information content (AvgIpc) is 2.98. The molecule has 1 aliphatic rings.